The van der Waals surface area contributed by atoms with Gasteiger partial charge in [0, 0.05) is 6.54 Å². The highest BCUT2D eigenvalue weighted by atomic mass is 16.6. The van der Waals surface area contributed by atoms with Gasteiger partial charge in [0.25, 0.3) is 0 Å². The van der Waals surface area contributed by atoms with Gasteiger partial charge < -0.3 is 20.1 Å². The molecule has 1 aromatic rings. The van der Waals surface area contributed by atoms with Crippen LogP contribution in [0.2, 0.25) is 0 Å². The van der Waals surface area contributed by atoms with Crippen LogP contribution >= 0.6 is 0 Å². The quantitative estimate of drug-likeness (QED) is 0.245. The fraction of sp³-hybridized carbons (Fsp3) is 0.727. The van der Waals surface area contributed by atoms with E-state index in [9.17, 15) is 4.79 Å². The fourth-order valence-electron chi connectivity index (χ4n) is 5.92. The van der Waals surface area contributed by atoms with Gasteiger partial charge in [-0.1, -0.05) is 63.3 Å². The second kappa shape index (κ2) is 15.7. The van der Waals surface area contributed by atoms with Gasteiger partial charge in [0.15, 0.2) is 0 Å². The van der Waals surface area contributed by atoms with E-state index in [2.05, 4.69) is 43.8 Å². The number of benzene rings is 1. The summed E-state index contributed by atoms with van der Waals surface area (Å²) in [6.45, 7) is 17.8. The summed E-state index contributed by atoms with van der Waals surface area (Å²) in [5, 5.41) is 0. The van der Waals surface area contributed by atoms with Crippen molar-refractivity contribution >= 4 is 6.09 Å². The lowest BCUT2D eigenvalue weighted by molar-refractivity contribution is -0.0281. The highest BCUT2D eigenvalue weighted by molar-refractivity contribution is 5.69. The Bertz CT molecular complexity index is 826. The van der Waals surface area contributed by atoms with E-state index in [1.54, 1.807) is 0 Å². The number of nitrogens with zero attached hydrogens (tertiary/aromatic N) is 1. The molecular weight excluding hydrogens is 472 g/mol. The number of piperidine rings is 1. The largest absolute Gasteiger partial charge is 0.444 e. The standard InChI is InChI=1S/C31H50N2O3.C2H6/c1-6-24(2)19-22-35-23-31(32)20-10-21-33(29(34)36-30(3,4)5)28(31)18-15-25-13-16-27(17-14-25)26-11-8-7-9-12-26;1-2/h7-9,11-12,25,27-28H,2,6,10,13-23,32H2,1,3-5H3;1-2H3. The van der Waals surface area contributed by atoms with Crippen molar-refractivity contribution in [1.29, 1.82) is 0 Å². The first-order valence-corrected chi connectivity index (χ1v) is 15.2. The van der Waals surface area contributed by atoms with Crippen molar-refractivity contribution in [3.8, 4) is 0 Å². The van der Waals surface area contributed by atoms with Crippen LogP contribution in [0.1, 0.15) is 117 Å². The minimum Gasteiger partial charge on any atom is -0.444 e. The normalized spacial score (nSPS) is 25.8. The Morgan fingerprint density at radius 2 is 1.76 bits per heavy atom. The van der Waals surface area contributed by atoms with Crippen LogP contribution < -0.4 is 5.73 Å². The molecule has 0 radical (unpaired) electrons. The molecule has 2 unspecified atom stereocenters. The fourth-order valence-corrected chi connectivity index (χ4v) is 5.92. The third kappa shape index (κ3) is 10.0. The summed E-state index contributed by atoms with van der Waals surface area (Å²) in [5.74, 6) is 1.36. The number of hydrogen-bond donors (Lipinski definition) is 1. The van der Waals surface area contributed by atoms with Crippen molar-refractivity contribution in [3.05, 3.63) is 48.0 Å². The molecule has 1 amide bonds. The van der Waals surface area contributed by atoms with Crippen LogP contribution in [0.15, 0.2) is 42.5 Å². The van der Waals surface area contributed by atoms with Gasteiger partial charge in [-0.15, -0.1) is 0 Å². The lowest BCUT2D eigenvalue weighted by Gasteiger charge is -2.48. The van der Waals surface area contributed by atoms with Crippen molar-refractivity contribution in [2.75, 3.05) is 19.8 Å². The zero-order valence-corrected chi connectivity index (χ0v) is 25.3. The SMILES string of the molecule is C=C(CC)CCOCC1(N)CCCN(C(=O)OC(C)(C)C)C1CCC1CCC(c2ccccc2)CC1.CC. The van der Waals surface area contributed by atoms with Gasteiger partial charge in [-0.3, -0.25) is 0 Å². The number of carbonyl (C=O) groups is 1. The Morgan fingerprint density at radius 3 is 2.37 bits per heavy atom. The highest BCUT2D eigenvalue weighted by Crippen LogP contribution is 2.39. The van der Waals surface area contributed by atoms with Gasteiger partial charge in [0.1, 0.15) is 5.60 Å². The smallest absolute Gasteiger partial charge is 0.410 e. The molecule has 0 aromatic heterocycles. The lowest BCUT2D eigenvalue weighted by Crippen LogP contribution is -2.65. The molecule has 2 N–H and O–H groups in total. The summed E-state index contributed by atoms with van der Waals surface area (Å²) >= 11 is 0. The molecule has 1 aliphatic heterocycles. The van der Waals surface area contributed by atoms with Crippen molar-refractivity contribution in [1.82, 2.24) is 4.90 Å². The van der Waals surface area contributed by atoms with E-state index in [0.29, 0.717) is 31.6 Å². The van der Waals surface area contributed by atoms with E-state index in [-0.39, 0.29) is 12.1 Å². The second-order valence-electron chi connectivity index (χ2n) is 12.1. The van der Waals surface area contributed by atoms with Gasteiger partial charge in [0.05, 0.1) is 24.8 Å². The molecule has 2 aliphatic rings. The topological polar surface area (TPSA) is 64.8 Å². The molecule has 38 heavy (non-hydrogen) atoms. The van der Waals surface area contributed by atoms with Crippen molar-refractivity contribution in [2.24, 2.45) is 11.7 Å². The van der Waals surface area contributed by atoms with E-state index in [1.165, 1.54) is 36.8 Å². The molecule has 1 saturated carbocycles. The van der Waals surface area contributed by atoms with E-state index < -0.39 is 11.1 Å². The van der Waals surface area contributed by atoms with Gasteiger partial charge in [-0.25, -0.2) is 4.79 Å². The molecule has 5 nitrogen and oxygen atoms in total. The minimum absolute atomic E-state index is 0.0673. The van der Waals surface area contributed by atoms with Crippen molar-refractivity contribution < 1.29 is 14.3 Å². The first kappa shape index (κ1) is 32.4. The van der Waals surface area contributed by atoms with E-state index >= 15 is 0 Å². The van der Waals surface area contributed by atoms with Crippen LogP contribution in [0.25, 0.3) is 0 Å². The van der Waals surface area contributed by atoms with Crippen LogP contribution in [0, 0.1) is 5.92 Å². The minimum atomic E-state index is -0.552. The van der Waals surface area contributed by atoms with Crippen LogP contribution in [0.3, 0.4) is 0 Å². The van der Waals surface area contributed by atoms with Crippen molar-refractivity contribution in [2.45, 2.75) is 129 Å². The summed E-state index contributed by atoms with van der Waals surface area (Å²) in [4.78, 5) is 15.1. The predicted octanol–water partition coefficient (Wildman–Crippen LogP) is 8.24. The second-order valence-corrected chi connectivity index (χ2v) is 12.1. The average Bonchev–Trinajstić information content (AvgIpc) is 2.91. The van der Waals surface area contributed by atoms with E-state index in [4.69, 9.17) is 15.2 Å². The van der Waals surface area contributed by atoms with Gasteiger partial charge in [0.2, 0.25) is 0 Å². The maximum atomic E-state index is 13.2. The molecule has 1 aliphatic carbocycles. The van der Waals surface area contributed by atoms with E-state index in [1.807, 2.05) is 39.5 Å². The Morgan fingerprint density at radius 1 is 1.11 bits per heavy atom. The predicted molar refractivity (Wildman–Crippen MR) is 159 cm³/mol. The molecule has 1 aromatic carbocycles. The maximum Gasteiger partial charge on any atom is 0.410 e. The number of amides is 1. The molecule has 3 rings (SSSR count). The molecule has 216 valence electrons. The summed E-state index contributed by atoms with van der Waals surface area (Å²) in [5.41, 5.74) is 8.66. The first-order valence-electron chi connectivity index (χ1n) is 15.2. The number of nitrogens with two attached hydrogens (primary N) is 1. The van der Waals surface area contributed by atoms with Gasteiger partial charge >= 0.3 is 6.09 Å². The monoisotopic (exact) mass is 528 g/mol. The zero-order chi connectivity index (χ0) is 28.2. The van der Waals surface area contributed by atoms with Gasteiger partial charge in [-0.05, 0) is 102 Å². The van der Waals surface area contributed by atoms with Crippen LogP contribution in [0.4, 0.5) is 4.79 Å². The van der Waals surface area contributed by atoms with Crippen LogP contribution in [-0.4, -0.2) is 47.9 Å². The molecule has 2 fully saturated rings. The number of carbonyl (C=O) groups excluding carboxylic acids is 1. The third-order valence-electron chi connectivity index (χ3n) is 8.15. The Balaban J connectivity index is 0.00000247. The van der Waals surface area contributed by atoms with Crippen LogP contribution in [0.5, 0.6) is 0 Å². The molecular formula is C33H56N2O3. The molecule has 0 spiro atoms. The summed E-state index contributed by atoms with van der Waals surface area (Å²) in [7, 11) is 0. The van der Waals surface area contributed by atoms with Crippen LogP contribution in [-0.2, 0) is 9.47 Å². The Labute approximate surface area is 233 Å². The highest BCUT2D eigenvalue weighted by Gasteiger charge is 2.45. The molecule has 1 heterocycles. The molecule has 5 heteroatoms. The number of hydrogen-bond acceptors (Lipinski definition) is 4. The summed E-state index contributed by atoms with van der Waals surface area (Å²) in [6.07, 6.45) is 10.3. The number of ether oxygens (including phenoxy) is 2. The van der Waals surface area contributed by atoms with E-state index in [0.717, 1.165) is 38.5 Å². The van der Waals surface area contributed by atoms with Gasteiger partial charge in [-0.2, -0.15) is 0 Å². The molecule has 0 bridgehead atoms. The average molecular weight is 529 g/mol. The Hall–Kier alpha value is -1.85. The van der Waals surface area contributed by atoms with Crippen molar-refractivity contribution in [3.63, 3.8) is 0 Å². The lowest BCUT2D eigenvalue weighted by atomic mass is 9.74. The number of rotatable bonds is 10. The molecule has 1 saturated heterocycles. The summed E-state index contributed by atoms with van der Waals surface area (Å²) < 4.78 is 11.9. The Kier molecular flexibility index (Phi) is 13.3. The summed E-state index contributed by atoms with van der Waals surface area (Å²) in [6, 6.07) is 10.9. The number of likely N-dealkylation sites (tertiary alicyclic amines) is 1. The first-order chi connectivity index (χ1) is 18.1. The zero-order valence-electron chi connectivity index (χ0n) is 25.3. The third-order valence-corrected chi connectivity index (χ3v) is 8.15. The molecule has 2 atom stereocenters. The maximum absolute atomic E-state index is 13.2.